The summed E-state index contributed by atoms with van der Waals surface area (Å²) >= 11 is 0. The lowest BCUT2D eigenvalue weighted by Crippen LogP contribution is -2.61. The minimum Gasteiger partial charge on any atom is -0.460 e. The number of piperidine rings is 1. The standard InChI is InChI=1S/C69H93NO16/c1-41-20-12-11-13-21-42(2)58(80-9)36-49-29-27-47(7)68(79,86-49)63(75)64(76)70-31-19-18-26-55(70)65(77)84-59(37-56(72)43(3)33-46(6)62(74)52(38-71)61(73)45(5)32-41)44(4)34-48-28-30-57(60(35-48)81-10)85-66(78)67(8)39-82-69(83-40-67)53-24-16-14-22-50(53)51-23-15-17-25-54(51)69/h11-17,20-25,33,41,43-45,47-49,52,55,57-60,62,71,74,79H,18-19,26-32,34-40H2,1-10H3/b13-11+,20-12+,42-21+,46-33+/t41-,43-,44-,45-,47-,48+,49+,52+,55+,57-,58+,59+,60-,62-,68-/m1/s1. The van der Waals surface area contributed by atoms with Crippen molar-refractivity contribution in [3.05, 3.63) is 107 Å². The monoisotopic (exact) mass is 1190 g/mol. The van der Waals surface area contributed by atoms with Crippen LogP contribution in [0.3, 0.4) is 0 Å². The first-order chi connectivity index (χ1) is 41.0. The van der Waals surface area contributed by atoms with Crippen molar-refractivity contribution in [1.29, 1.82) is 0 Å². The van der Waals surface area contributed by atoms with Crippen LogP contribution in [-0.4, -0.2) is 144 Å². The normalized spacial score (nSPS) is 35.8. The number of hydrogen-bond donors (Lipinski definition) is 3. The number of ether oxygens (including phenoxy) is 7. The number of cyclic esters (lactones) is 1. The molecular formula is C69H93NO16. The molecule has 1 spiro atoms. The number of amides is 1. The Hall–Kier alpha value is -5.50. The SMILES string of the molecule is CO[C@H]1C[C@@H]2CC[C@@H](C)[C@@](O)(O2)C(=O)C(=O)N2CCCC[C@H]2C(=O)O[C@H]([C@H](C)C[C@@H]2CC[C@@H](OC(=O)C3(C)COC4(OC3)c3ccccc3-c3ccccc34)[C@H](OC)C2)CC(=O)[C@H](C)/C=C(\C)[C@@H](O)[C@@H](CO)C(=O)[C@H](C)C[C@H](C)/C=C/C=C/C=C/1C. The van der Waals surface area contributed by atoms with Gasteiger partial charge in [0.05, 0.1) is 50.2 Å². The minimum absolute atomic E-state index is 0.0277. The number of aliphatic hydroxyl groups is 3. The van der Waals surface area contributed by atoms with Crippen molar-refractivity contribution in [3.63, 3.8) is 0 Å². The molecule has 1 amide bonds. The Morgan fingerprint density at radius 1 is 0.802 bits per heavy atom. The van der Waals surface area contributed by atoms with Gasteiger partial charge in [0.15, 0.2) is 0 Å². The third kappa shape index (κ3) is 14.5. The Morgan fingerprint density at radius 2 is 1.48 bits per heavy atom. The first-order valence-corrected chi connectivity index (χ1v) is 31.2. The molecule has 1 saturated carbocycles. The second kappa shape index (κ2) is 28.8. The van der Waals surface area contributed by atoms with Crippen molar-refractivity contribution in [1.82, 2.24) is 4.90 Å². The molecule has 17 nitrogen and oxygen atoms in total. The predicted molar refractivity (Wildman–Crippen MR) is 321 cm³/mol. The number of allylic oxidation sites excluding steroid dienone is 6. The number of Topliss-reactive ketones (excluding diaryl/α,β-unsaturated/α-hetero) is 3. The van der Waals surface area contributed by atoms with E-state index in [9.17, 15) is 44.1 Å². The highest BCUT2D eigenvalue weighted by molar-refractivity contribution is 6.39. The Bertz CT molecular complexity index is 2840. The van der Waals surface area contributed by atoms with Crippen LogP contribution in [0.1, 0.15) is 144 Å². The van der Waals surface area contributed by atoms with Gasteiger partial charge < -0.3 is 53.4 Å². The topological polar surface area (TPSA) is 231 Å². The highest BCUT2D eigenvalue weighted by Crippen LogP contribution is 2.53. The number of benzene rings is 2. The van der Waals surface area contributed by atoms with Crippen LogP contribution >= 0.6 is 0 Å². The number of fused-ring (bicyclic) bond motifs is 8. The van der Waals surface area contributed by atoms with Gasteiger partial charge in [-0.2, -0.15) is 0 Å². The molecule has 0 aromatic heterocycles. The summed E-state index contributed by atoms with van der Waals surface area (Å²) in [5, 5.41) is 34.2. The molecule has 86 heavy (non-hydrogen) atoms. The van der Waals surface area contributed by atoms with E-state index in [0.29, 0.717) is 63.4 Å². The zero-order valence-corrected chi connectivity index (χ0v) is 52.1. The van der Waals surface area contributed by atoms with Gasteiger partial charge in [-0.3, -0.25) is 24.0 Å². The van der Waals surface area contributed by atoms with Crippen molar-refractivity contribution in [2.24, 2.45) is 46.8 Å². The van der Waals surface area contributed by atoms with E-state index in [1.165, 1.54) is 4.90 Å². The summed E-state index contributed by atoms with van der Waals surface area (Å²) in [4.78, 5) is 87.5. The fraction of sp³-hybridized carbons (Fsp3) is 0.623. The van der Waals surface area contributed by atoms with E-state index >= 15 is 0 Å². The average Bonchev–Trinajstić information content (AvgIpc) is 1.56. The molecule has 8 rings (SSSR count). The van der Waals surface area contributed by atoms with Crippen molar-refractivity contribution in [2.75, 3.05) is 40.6 Å². The summed E-state index contributed by atoms with van der Waals surface area (Å²) in [7, 11) is 3.15. The number of aliphatic hydroxyl groups excluding tert-OH is 2. The lowest BCUT2D eigenvalue weighted by molar-refractivity contribution is -0.286. The molecule has 2 aromatic rings. The van der Waals surface area contributed by atoms with E-state index in [-0.39, 0.29) is 62.4 Å². The van der Waals surface area contributed by atoms with E-state index in [4.69, 9.17) is 33.2 Å². The largest absolute Gasteiger partial charge is 0.460 e. The van der Waals surface area contributed by atoms with Crippen molar-refractivity contribution < 1.29 is 77.2 Å². The third-order valence-electron chi connectivity index (χ3n) is 19.4. The molecule has 2 aliphatic carbocycles. The molecule has 17 heteroatoms. The summed E-state index contributed by atoms with van der Waals surface area (Å²) in [5.74, 6) is -11.5. The lowest BCUT2D eigenvalue weighted by Gasteiger charge is -2.44. The van der Waals surface area contributed by atoms with Crippen LogP contribution in [0.4, 0.5) is 0 Å². The molecule has 2 aromatic carbocycles. The number of rotatable bonds is 8. The highest BCUT2D eigenvalue weighted by atomic mass is 16.7. The summed E-state index contributed by atoms with van der Waals surface area (Å²) < 4.78 is 44.0. The van der Waals surface area contributed by atoms with Gasteiger partial charge >= 0.3 is 11.9 Å². The Kier molecular flexibility index (Phi) is 22.2. The van der Waals surface area contributed by atoms with Gasteiger partial charge in [0.1, 0.15) is 35.2 Å². The first kappa shape index (κ1) is 66.5. The Labute approximate surface area is 507 Å². The maximum Gasteiger partial charge on any atom is 0.329 e. The summed E-state index contributed by atoms with van der Waals surface area (Å²) in [5.41, 5.74) is 3.88. The Balaban J connectivity index is 1.00. The molecule has 15 atom stereocenters. The van der Waals surface area contributed by atoms with E-state index in [0.717, 1.165) is 27.8 Å². The second-order valence-electron chi connectivity index (χ2n) is 25.9. The van der Waals surface area contributed by atoms with Gasteiger partial charge in [-0.1, -0.05) is 120 Å². The molecule has 0 radical (unpaired) electrons. The molecule has 4 aliphatic heterocycles. The molecule has 3 saturated heterocycles. The molecule has 470 valence electrons. The molecule has 3 N–H and O–H groups in total. The van der Waals surface area contributed by atoms with Crippen molar-refractivity contribution in [3.8, 4) is 11.1 Å². The third-order valence-corrected chi connectivity index (χ3v) is 19.4. The van der Waals surface area contributed by atoms with Crippen molar-refractivity contribution in [2.45, 2.75) is 187 Å². The zero-order chi connectivity index (χ0) is 62.3. The van der Waals surface area contributed by atoms with E-state index in [2.05, 4.69) is 0 Å². The van der Waals surface area contributed by atoms with Crippen LogP contribution in [0, 0.1) is 46.8 Å². The number of carbonyl (C=O) groups is 6. The van der Waals surface area contributed by atoms with Crippen LogP contribution in [0.2, 0.25) is 0 Å². The van der Waals surface area contributed by atoms with E-state index < -0.39 is 119 Å². The molecule has 2 bridgehead atoms. The average molecular weight is 1190 g/mol. The summed E-state index contributed by atoms with van der Waals surface area (Å²) in [6, 6.07) is 14.7. The molecule has 6 aliphatic rings. The zero-order valence-electron chi connectivity index (χ0n) is 52.1. The highest BCUT2D eigenvalue weighted by Gasteiger charge is 2.55. The number of carbonyl (C=O) groups excluding carboxylic acids is 6. The maximum atomic E-state index is 14.8. The number of esters is 2. The summed E-state index contributed by atoms with van der Waals surface area (Å²) in [6.45, 7) is 13.8. The number of hydrogen-bond acceptors (Lipinski definition) is 16. The molecule has 0 unspecified atom stereocenters. The van der Waals surface area contributed by atoms with Gasteiger partial charge in [-0.15, -0.1) is 0 Å². The molecule has 4 fully saturated rings. The number of ketones is 3. The van der Waals surface area contributed by atoms with Crippen molar-refractivity contribution >= 4 is 35.2 Å². The first-order valence-electron chi connectivity index (χ1n) is 31.2. The predicted octanol–water partition coefficient (Wildman–Crippen LogP) is 9.26. The Morgan fingerprint density at radius 3 is 2.13 bits per heavy atom. The van der Waals surface area contributed by atoms with Gasteiger partial charge in [0.25, 0.3) is 11.7 Å². The van der Waals surface area contributed by atoms with Gasteiger partial charge in [0.2, 0.25) is 11.6 Å². The van der Waals surface area contributed by atoms with E-state index in [1.54, 1.807) is 54.9 Å². The molecular weight excluding hydrogens is 1100 g/mol. The van der Waals surface area contributed by atoms with E-state index in [1.807, 2.05) is 99.7 Å². The van der Waals surface area contributed by atoms with Crippen LogP contribution in [0.15, 0.2) is 96.1 Å². The second-order valence-corrected chi connectivity index (χ2v) is 25.9. The quantitative estimate of drug-likeness (QED) is 0.127. The van der Waals surface area contributed by atoms with Crippen LogP contribution in [-0.2, 0) is 67.7 Å². The van der Waals surface area contributed by atoms with Crippen LogP contribution in [0.5, 0.6) is 0 Å². The number of nitrogens with zero attached hydrogens (tertiary/aromatic N) is 1. The van der Waals surface area contributed by atoms with Gasteiger partial charge in [-0.05, 0) is 125 Å². The number of methoxy groups -OCH3 is 2. The summed E-state index contributed by atoms with van der Waals surface area (Å²) in [6.07, 6.45) is 11.1. The van der Waals surface area contributed by atoms with Crippen LogP contribution in [0.25, 0.3) is 11.1 Å². The molecule has 4 heterocycles. The van der Waals surface area contributed by atoms with Gasteiger partial charge in [0, 0.05) is 62.5 Å². The fourth-order valence-electron chi connectivity index (χ4n) is 13.8. The van der Waals surface area contributed by atoms with Crippen LogP contribution < -0.4 is 0 Å². The van der Waals surface area contributed by atoms with Gasteiger partial charge in [-0.25, -0.2) is 4.79 Å². The minimum atomic E-state index is -2.48. The maximum absolute atomic E-state index is 14.8. The smallest absolute Gasteiger partial charge is 0.329 e. The lowest BCUT2D eigenvalue weighted by atomic mass is 9.78. The fourth-order valence-corrected chi connectivity index (χ4v) is 13.8.